The first-order valence-corrected chi connectivity index (χ1v) is 8.66. The van der Waals surface area contributed by atoms with Crippen molar-refractivity contribution in [2.24, 2.45) is 0 Å². The summed E-state index contributed by atoms with van der Waals surface area (Å²) in [6.45, 7) is 5.00. The van der Waals surface area contributed by atoms with Gasteiger partial charge in [0.1, 0.15) is 17.0 Å². The van der Waals surface area contributed by atoms with E-state index in [4.69, 9.17) is 10.3 Å². The predicted molar refractivity (Wildman–Crippen MR) is 96.5 cm³/mol. The number of rotatable bonds is 5. The highest BCUT2D eigenvalue weighted by molar-refractivity contribution is 7.09. The molecule has 9 heteroatoms. The second-order valence-corrected chi connectivity index (χ2v) is 6.81. The number of nitrogen functional groups attached to an aromatic ring is 1. The molecule has 0 spiro atoms. The van der Waals surface area contributed by atoms with Crippen LogP contribution in [0.3, 0.4) is 0 Å². The van der Waals surface area contributed by atoms with Crippen LogP contribution >= 0.6 is 11.3 Å². The molecule has 0 atom stereocenters. The van der Waals surface area contributed by atoms with Crippen molar-refractivity contribution in [2.75, 3.05) is 11.1 Å². The molecular formula is C16H17N7OS. The molecule has 0 aromatic carbocycles. The maximum Gasteiger partial charge on any atom is 0.222 e. The Morgan fingerprint density at radius 2 is 2.12 bits per heavy atom. The number of aromatic nitrogens is 5. The summed E-state index contributed by atoms with van der Waals surface area (Å²) in [5.74, 6) is 1.67. The first-order valence-electron chi connectivity index (χ1n) is 7.78. The van der Waals surface area contributed by atoms with Crippen LogP contribution in [0, 0.1) is 13.8 Å². The Balaban J connectivity index is 1.67. The van der Waals surface area contributed by atoms with E-state index >= 15 is 0 Å². The highest BCUT2D eigenvalue weighted by atomic mass is 32.1. The molecule has 0 aliphatic heterocycles. The average Bonchev–Trinajstić information content (AvgIpc) is 3.27. The van der Waals surface area contributed by atoms with E-state index in [1.807, 2.05) is 32.2 Å². The monoisotopic (exact) mass is 355 g/mol. The molecule has 8 nitrogen and oxygen atoms in total. The second-order valence-electron chi connectivity index (χ2n) is 5.75. The van der Waals surface area contributed by atoms with Crippen LogP contribution in [-0.4, -0.2) is 24.7 Å². The quantitative estimate of drug-likeness (QED) is 0.566. The molecule has 0 amide bonds. The van der Waals surface area contributed by atoms with E-state index in [0.717, 1.165) is 33.2 Å². The zero-order valence-corrected chi connectivity index (χ0v) is 14.7. The standard InChI is InChI=1S/C16H17N7OS/c1-9-5-11(22-24-9)6-18-15-14-13(20-16(17)21-15)3-4-23(14)7-12-8-25-10(2)19-12/h3-5,8H,6-7H2,1-2H3,(H3,17,18,20,21). The molecular weight excluding hydrogens is 338 g/mol. The van der Waals surface area contributed by atoms with Crippen LogP contribution in [0.4, 0.5) is 11.8 Å². The minimum atomic E-state index is 0.230. The Bertz CT molecular complexity index is 1030. The van der Waals surface area contributed by atoms with E-state index < -0.39 is 0 Å². The number of hydrogen-bond acceptors (Lipinski definition) is 8. The maximum atomic E-state index is 5.85. The lowest BCUT2D eigenvalue weighted by atomic mass is 10.3. The lowest BCUT2D eigenvalue weighted by Crippen LogP contribution is -2.08. The van der Waals surface area contributed by atoms with Crippen molar-refractivity contribution in [3.8, 4) is 0 Å². The third-order valence-electron chi connectivity index (χ3n) is 3.74. The molecule has 0 saturated carbocycles. The van der Waals surface area contributed by atoms with Crippen molar-refractivity contribution in [2.45, 2.75) is 26.9 Å². The summed E-state index contributed by atoms with van der Waals surface area (Å²) in [4.78, 5) is 13.2. The number of nitrogens with one attached hydrogen (secondary N) is 1. The zero-order valence-electron chi connectivity index (χ0n) is 13.9. The SMILES string of the molecule is Cc1cc(CNc2nc(N)nc3ccn(Cc4csc(C)n4)c23)no1. The van der Waals surface area contributed by atoms with Crippen LogP contribution in [0.25, 0.3) is 11.0 Å². The van der Waals surface area contributed by atoms with Crippen LogP contribution in [0.1, 0.15) is 22.2 Å². The molecule has 25 heavy (non-hydrogen) atoms. The van der Waals surface area contributed by atoms with E-state index in [9.17, 15) is 0 Å². The lowest BCUT2D eigenvalue weighted by molar-refractivity contribution is 0.391. The summed E-state index contributed by atoms with van der Waals surface area (Å²) in [7, 11) is 0. The molecule has 0 fully saturated rings. The predicted octanol–water partition coefficient (Wildman–Crippen LogP) is 2.74. The molecule has 4 rings (SSSR count). The molecule has 0 aliphatic rings. The number of anilines is 2. The van der Waals surface area contributed by atoms with Crippen LogP contribution in [-0.2, 0) is 13.1 Å². The molecule has 4 aromatic heterocycles. The lowest BCUT2D eigenvalue weighted by Gasteiger charge is -2.10. The van der Waals surface area contributed by atoms with Gasteiger partial charge in [0.15, 0.2) is 5.82 Å². The van der Waals surface area contributed by atoms with Crippen molar-refractivity contribution in [3.05, 3.63) is 45.9 Å². The van der Waals surface area contributed by atoms with E-state index in [2.05, 4.69) is 35.4 Å². The van der Waals surface area contributed by atoms with E-state index in [0.29, 0.717) is 18.9 Å². The highest BCUT2D eigenvalue weighted by Gasteiger charge is 2.13. The van der Waals surface area contributed by atoms with Crippen molar-refractivity contribution in [3.63, 3.8) is 0 Å². The molecule has 4 aromatic rings. The Hall–Kier alpha value is -2.94. The summed E-state index contributed by atoms with van der Waals surface area (Å²) >= 11 is 1.64. The van der Waals surface area contributed by atoms with Gasteiger partial charge >= 0.3 is 0 Å². The third-order valence-corrected chi connectivity index (χ3v) is 4.56. The van der Waals surface area contributed by atoms with E-state index in [1.54, 1.807) is 11.3 Å². The number of fused-ring (bicyclic) bond motifs is 1. The molecule has 3 N–H and O–H groups in total. The minimum absolute atomic E-state index is 0.230. The van der Waals surface area contributed by atoms with Gasteiger partial charge in [-0.1, -0.05) is 5.16 Å². The fourth-order valence-electron chi connectivity index (χ4n) is 2.71. The van der Waals surface area contributed by atoms with Crippen LogP contribution < -0.4 is 11.1 Å². The summed E-state index contributed by atoms with van der Waals surface area (Å²) in [6.07, 6.45) is 1.97. The topological polar surface area (TPSA) is 108 Å². The molecule has 128 valence electrons. The van der Waals surface area contributed by atoms with Crippen LogP contribution in [0.15, 0.2) is 28.2 Å². The van der Waals surface area contributed by atoms with Gasteiger partial charge < -0.3 is 20.1 Å². The van der Waals surface area contributed by atoms with Gasteiger partial charge in [0, 0.05) is 17.6 Å². The van der Waals surface area contributed by atoms with Crippen molar-refractivity contribution < 1.29 is 4.52 Å². The Labute approximate surface area is 147 Å². The van der Waals surface area contributed by atoms with Gasteiger partial charge in [0.2, 0.25) is 5.95 Å². The molecule has 0 radical (unpaired) electrons. The van der Waals surface area contributed by atoms with Gasteiger partial charge in [-0.3, -0.25) is 0 Å². The maximum absolute atomic E-state index is 5.85. The molecule has 0 aliphatic carbocycles. The van der Waals surface area contributed by atoms with Gasteiger partial charge in [-0.25, -0.2) is 9.97 Å². The van der Waals surface area contributed by atoms with Crippen molar-refractivity contribution in [1.29, 1.82) is 0 Å². The Kier molecular flexibility index (Phi) is 3.85. The summed E-state index contributed by atoms with van der Waals surface area (Å²) in [5.41, 5.74) is 9.34. The minimum Gasteiger partial charge on any atom is -0.368 e. The average molecular weight is 355 g/mol. The summed E-state index contributed by atoms with van der Waals surface area (Å²) < 4.78 is 7.16. The van der Waals surface area contributed by atoms with Crippen molar-refractivity contribution >= 4 is 34.1 Å². The number of nitrogens with zero attached hydrogens (tertiary/aromatic N) is 5. The van der Waals surface area contributed by atoms with Gasteiger partial charge in [-0.15, -0.1) is 11.3 Å². The Morgan fingerprint density at radius 3 is 2.84 bits per heavy atom. The van der Waals surface area contributed by atoms with Gasteiger partial charge in [0.05, 0.1) is 29.3 Å². The van der Waals surface area contributed by atoms with Crippen LogP contribution in [0.2, 0.25) is 0 Å². The molecule has 0 unspecified atom stereocenters. The van der Waals surface area contributed by atoms with Gasteiger partial charge in [-0.05, 0) is 19.9 Å². The normalized spacial score (nSPS) is 11.3. The molecule has 4 heterocycles. The highest BCUT2D eigenvalue weighted by Crippen LogP contribution is 2.24. The van der Waals surface area contributed by atoms with E-state index in [1.165, 1.54) is 0 Å². The number of thiazole rings is 1. The first-order chi connectivity index (χ1) is 12.1. The van der Waals surface area contributed by atoms with Crippen LogP contribution in [0.5, 0.6) is 0 Å². The second kappa shape index (κ2) is 6.17. The summed E-state index contributed by atoms with van der Waals surface area (Å²) in [6, 6.07) is 3.81. The van der Waals surface area contributed by atoms with E-state index in [-0.39, 0.29) is 5.95 Å². The number of nitrogens with two attached hydrogens (primary N) is 1. The summed E-state index contributed by atoms with van der Waals surface area (Å²) in [5, 5.41) is 10.4. The molecule has 0 saturated heterocycles. The number of hydrogen-bond donors (Lipinski definition) is 2. The van der Waals surface area contributed by atoms with Gasteiger partial charge in [-0.2, -0.15) is 4.98 Å². The largest absolute Gasteiger partial charge is 0.368 e. The zero-order chi connectivity index (χ0) is 17.4. The fourth-order valence-corrected chi connectivity index (χ4v) is 3.31. The Morgan fingerprint density at radius 1 is 1.24 bits per heavy atom. The van der Waals surface area contributed by atoms with Gasteiger partial charge in [0.25, 0.3) is 0 Å². The van der Waals surface area contributed by atoms with Crippen molar-refractivity contribution in [1.82, 2.24) is 24.7 Å². The third kappa shape index (κ3) is 3.18. The number of aryl methyl sites for hydroxylation is 2. The molecule has 0 bridgehead atoms. The first kappa shape index (κ1) is 15.6. The smallest absolute Gasteiger partial charge is 0.222 e. The fraction of sp³-hybridized carbons (Fsp3) is 0.250.